The van der Waals surface area contributed by atoms with E-state index in [1.807, 2.05) is 0 Å². The van der Waals surface area contributed by atoms with E-state index in [0.717, 1.165) is 11.7 Å². The standard InChI is InChI=1S/C12H25N3OS/c1-10(9-16-4)13-12(17)15(3)8-11-6-5-7-14(11)2/h10-11H,5-9H2,1-4H3,(H,13,17). The third-order valence-corrected chi connectivity index (χ3v) is 3.72. The second-order valence-electron chi connectivity index (χ2n) is 4.96. The van der Waals surface area contributed by atoms with Gasteiger partial charge in [-0.25, -0.2) is 0 Å². The SMILES string of the molecule is COCC(C)NC(=S)N(C)CC1CCCN1C. The molecule has 1 aliphatic rings. The van der Waals surface area contributed by atoms with Gasteiger partial charge in [0.05, 0.1) is 6.61 Å². The Bertz CT molecular complexity index is 250. The number of methoxy groups -OCH3 is 1. The van der Waals surface area contributed by atoms with Gasteiger partial charge >= 0.3 is 0 Å². The van der Waals surface area contributed by atoms with Gasteiger partial charge in [-0.1, -0.05) is 0 Å². The summed E-state index contributed by atoms with van der Waals surface area (Å²) < 4.78 is 5.09. The lowest BCUT2D eigenvalue weighted by Crippen LogP contribution is -2.47. The molecule has 0 aromatic carbocycles. The number of hydrogen-bond acceptors (Lipinski definition) is 3. The number of nitrogens with one attached hydrogen (secondary N) is 1. The maximum absolute atomic E-state index is 5.38. The molecule has 1 fully saturated rings. The Labute approximate surface area is 110 Å². The molecule has 1 aliphatic heterocycles. The Morgan fingerprint density at radius 3 is 2.88 bits per heavy atom. The van der Waals surface area contributed by atoms with Gasteiger partial charge in [-0.2, -0.15) is 0 Å². The Morgan fingerprint density at radius 1 is 1.65 bits per heavy atom. The van der Waals surface area contributed by atoms with Gasteiger partial charge in [0, 0.05) is 32.8 Å². The number of nitrogens with zero attached hydrogens (tertiary/aromatic N) is 2. The second-order valence-corrected chi connectivity index (χ2v) is 5.35. The van der Waals surface area contributed by atoms with E-state index < -0.39 is 0 Å². The highest BCUT2D eigenvalue weighted by Crippen LogP contribution is 2.15. The lowest BCUT2D eigenvalue weighted by Gasteiger charge is -2.29. The van der Waals surface area contributed by atoms with Crippen molar-refractivity contribution >= 4 is 17.3 Å². The highest BCUT2D eigenvalue weighted by Gasteiger charge is 2.23. The summed E-state index contributed by atoms with van der Waals surface area (Å²) in [6, 6.07) is 0.897. The van der Waals surface area contributed by atoms with Crippen LogP contribution in [-0.4, -0.2) is 67.9 Å². The number of rotatable bonds is 5. The minimum Gasteiger partial charge on any atom is -0.383 e. The zero-order valence-corrected chi connectivity index (χ0v) is 12.2. The van der Waals surface area contributed by atoms with Crippen LogP contribution in [0.4, 0.5) is 0 Å². The van der Waals surface area contributed by atoms with E-state index in [2.05, 4.69) is 36.1 Å². The van der Waals surface area contributed by atoms with Crippen molar-refractivity contribution in [3.05, 3.63) is 0 Å². The minimum atomic E-state index is 0.260. The molecule has 2 atom stereocenters. The molecule has 0 amide bonds. The smallest absolute Gasteiger partial charge is 0.169 e. The Morgan fingerprint density at radius 2 is 2.35 bits per heavy atom. The summed E-state index contributed by atoms with van der Waals surface area (Å²) in [6.07, 6.45) is 2.58. The molecule has 0 radical (unpaired) electrons. The van der Waals surface area contributed by atoms with Gasteiger partial charge in [0.1, 0.15) is 0 Å². The summed E-state index contributed by atoms with van der Waals surface area (Å²) in [5.41, 5.74) is 0. The molecule has 0 aliphatic carbocycles. The quantitative estimate of drug-likeness (QED) is 0.741. The molecule has 0 aromatic heterocycles. The summed E-state index contributed by atoms with van der Waals surface area (Å²) in [5.74, 6) is 0. The highest BCUT2D eigenvalue weighted by atomic mass is 32.1. The van der Waals surface area contributed by atoms with Crippen molar-refractivity contribution in [2.75, 3.05) is 40.9 Å². The Hall–Kier alpha value is -0.390. The first-order chi connectivity index (χ1) is 8.04. The summed E-state index contributed by atoms with van der Waals surface area (Å²) in [7, 11) is 5.95. The molecular formula is C12H25N3OS. The van der Waals surface area contributed by atoms with E-state index in [1.54, 1.807) is 7.11 Å². The van der Waals surface area contributed by atoms with Gasteiger partial charge < -0.3 is 19.9 Å². The fraction of sp³-hybridized carbons (Fsp3) is 0.917. The van der Waals surface area contributed by atoms with E-state index in [0.29, 0.717) is 12.6 Å². The number of thiocarbonyl (C=S) groups is 1. The molecule has 0 saturated carbocycles. The first-order valence-electron chi connectivity index (χ1n) is 6.25. The van der Waals surface area contributed by atoms with Crippen molar-refractivity contribution in [2.24, 2.45) is 0 Å². The third kappa shape index (κ3) is 4.77. The molecule has 1 heterocycles. The Balaban J connectivity index is 2.31. The number of hydrogen-bond donors (Lipinski definition) is 1. The molecule has 0 aromatic rings. The van der Waals surface area contributed by atoms with Crippen LogP contribution in [-0.2, 0) is 4.74 Å². The first kappa shape index (κ1) is 14.7. The van der Waals surface area contributed by atoms with Gasteiger partial charge in [0.25, 0.3) is 0 Å². The van der Waals surface area contributed by atoms with Crippen LogP contribution in [0.5, 0.6) is 0 Å². The fourth-order valence-electron chi connectivity index (χ4n) is 2.22. The van der Waals surface area contributed by atoms with E-state index in [-0.39, 0.29) is 6.04 Å². The molecule has 17 heavy (non-hydrogen) atoms. The minimum absolute atomic E-state index is 0.260. The summed E-state index contributed by atoms with van der Waals surface area (Å²) in [6.45, 7) is 4.96. The molecule has 4 nitrogen and oxygen atoms in total. The molecule has 0 bridgehead atoms. The largest absolute Gasteiger partial charge is 0.383 e. The average Bonchev–Trinajstić information content (AvgIpc) is 2.64. The fourth-order valence-corrected chi connectivity index (χ4v) is 2.50. The summed E-state index contributed by atoms with van der Waals surface area (Å²) in [5, 5.41) is 4.10. The molecule has 1 saturated heterocycles. The number of likely N-dealkylation sites (N-methyl/N-ethyl adjacent to an activating group) is 2. The van der Waals surface area contributed by atoms with Crippen LogP contribution in [0, 0.1) is 0 Å². The van der Waals surface area contributed by atoms with Gasteiger partial charge in [0.2, 0.25) is 0 Å². The number of likely N-dealkylation sites (tertiary alicyclic amines) is 1. The highest BCUT2D eigenvalue weighted by molar-refractivity contribution is 7.80. The molecular weight excluding hydrogens is 234 g/mol. The molecule has 2 unspecified atom stereocenters. The normalized spacial score (nSPS) is 22.5. The maximum Gasteiger partial charge on any atom is 0.169 e. The molecule has 5 heteroatoms. The molecule has 0 spiro atoms. The summed E-state index contributed by atoms with van der Waals surface area (Å²) in [4.78, 5) is 4.55. The predicted molar refractivity (Wildman–Crippen MR) is 75.4 cm³/mol. The lowest BCUT2D eigenvalue weighted by molar-refractivity contribution is 0.177. The van der Waals surface area contributed by atoms with Crippen molar-refractivity contribution in [3.8, 4) is 0 Å². The monoisotopic (exact) mass is 259 g/mol. The zero-order valence-electron chi connectivity index (χ0n) is 11.4. The summed E-state index contributed by atoms with van der Waals surface area (Å²) >= 11 is 5.38. The van der Waals surface area contributed by atoms with Crippen molar-refractivity contribution < 1.29 is 4.74 Å². The predicted octanol–water partition coefficient (Wildman–Crippen LogP) is 0.922. The van der Waals surface area contributed by atoms with Crippen LogP contribution in [0.1, 0.15) is 19.8 Å². The lowest BCUT2D eigenvalue weighted by atomic mass is 10.2. The van der Waals surface area contributed by atoms with Crippen molar-refractivity contribution in [3.63, 3.8) is 0 Å². The van der Waals surface area contributed by atoms with Crippen molar-refractivity contribution in [1.29, 1.82) is 0 Å². The average molecular weight is 259 g/mol. The maximum atomic E-state index is 5.38. The van der Waals surface area contributed by atoms with Crippen LogP contribution in [0.2, 0.25) is 0 Å². The van der Waals surface area contributed by atoms with Gasteiger partial charge in [-0.05, 0) is 45.6 Å². The van der Waals surface area contributed by atoms with E-state index in [9.17, 15) is 0 Å². The van der Waals surface area contributed by atoms with Crippen LogP contribution in [0.3, 0.4) is 0 Å². The molecule has 100 valence electrons. The van der Waals surface area contributed by atoms with Crippen molar-refractivity contribution in [2.45, 2.75) is 31.8 Å². The first-order valence-corrected chi connectivity index (χ1v) is 6.66. The molecule has 1 N–H and O–H groups in total. The van der Waals surface area contributed by atoms with Crippen LogP contribution >= 0.6 is 12.2 Å². The van der Waals surface area contributed by atoms with Crippen molar-refractivity contribution in [1.82, 2.24) is 15.1 Å². The number of ether oxygens (including phenoxy) is 1. The topological polar surface area (TPSA) is 27.7 Å². The van der Waals surface area contributed by atoms with E-state index in [4.69, 9.17) is 17.0 Å². The second kappa shape index (κ2) is 7.13. The zero-order chi connectivity index (χ0) is 12.8. The van der Waals surface area contributed by atoms with Crippen LogP contribution in [0.15, 0.2) is 0 Å². The van der Waals surface area contributed by atoms with Gasteiger partial charge in [0.15, 0.2) is 5.11 Å². The Kier molecular flexibility index (Phi) is 6.16. The van der Waals surface area contributed by atoms with Crippen LogP contribution in [0.25, 0.3) is 0 Å². The van der Waals surface area contributed by atoms with E-state index in [1.165, 1.54) is 19.4 Å². The van der Waals surface area contributed by atoms with Crippen LogP contribution < -0.4 is 5.32 Å². The third-order valence-electron chi connectivity index (χ3n) is 3.29. The van der Waals surface area contributed by atoms with Gasteiger partial charge in [-0.3, -0.25) is 0 Å². The van der Waals surface area contributed by atoms with Gasteiger partial charge in [-0.15, -0.1) is 0 Å². The van der Waals surface area contributed by atoms with E-state index >= 15 is 0 Å². The molecule has 1 rings (SSSR count).